The Morgan fingerprint density at radius 2 is 1.42 bits per heavy atom. The van der Waals surface area contributed by atoms with Crippen LogP contribution in [0.15, 0.2) is 60.7 Å². The summed E-state index contributed by atoms with van der Waals surface area (Å²) in [5.41, 5.74) is 1.37. The maximum Gasteiger partial charge on any atom is 0.238 e. The van der Waals surface area contributed by atoms with Crippen molar-refractivity contribution in [3.63, 3.8) is 0 Å². The van der Waals surface area contributed by atoms with E-state index in [1.165, 1.54) is 0 Å². The van der Waals surface area contributed by atoms with Gasteiger partial charge in [-0.2, -0.15) is 0 Å². The fourth-order valence-electron chi connectivity index (χ4n) is 3.47. The molecule has 0 saturated carbocycles. The summed E-state index contributed by atoms with van der Waals surface area (Å²) in [5, 5.41) is 7.94. The van der Waals surface area contributed by atoms with E-state index in [0.717, 1.165) is 16.5 Å². The van der Waals surface area contributed by atoms with Gasteiger partial charge in [0.05, 0.1) is 13.1 Å². The molecule has 3 aromatic carbocycles. The van der Waals surface area contributed by atoms with Gasteiger partial charge < -0.3 is 20.1 Å². The van der Waals surface area contributed by atoms with Crippen LogP contribution in [0.3, 0.4) is 0 Å². The normalized spacial score (nSPS) is 12.6. The molecule has 31 heavy (non-hydrogen) atoms. The average molecular weight is 419 g/mol. The van der Waals surface area contributed by atoms with Crippen LogP contribution in [0.4, 0.5) is 11.4 Å². The van der Waals surface area contributed by atoms with E-state index >= 15 is 0 Å². The smallest absolute Gasteiger partial charge is 0.238 e. The quantitative estimate of drug-likeness (QED) is 0.613. The highest BCUT2D eigenvalue weighted by Gasteiger charge is 2.16. The third-order valence-electron chi connectivity index (χ3n) is 5.04. The average Bonchev–Trinajstić information content (AvgIpc) is 2.78. The lowest BCUT2D eigenvalue weighted by atomic mass is 10.1. The molecule has 7 heteroatoms. The minimum Gasteiger partial charge on any atom is -0.486 e. The molecule has 0 bridgehead atoms. The van der Waals surface area contributed by atoms with E-state index in [0.29, 0.717) is 36.9 Å². The number of carbonyl (C=O) groups is 2. The molecule has 1 aliphatic rings. The highest BCUT2D eigenvalue weighted by atomic mass is 16.6. The maximum atomic E-state index is 12.5. The number of likely N-dealkylation sites (N-methyl/N-ethyl adjacent to an activating group) is 1. The molecule has 0 saturated heterocycles. The maximum absolute atomic E-state index is 12.5. The molecule has 0 aliphatic carbocycles. The van der Waals surface area contributed by atoms with Crippen LogP contribution in [0.2, 0.25) is 0 Å². The summed E-state index contributed by atoms with van der Waals surface area (Å²) in [6.45, 7) is 3.72. The molecule has 1 aliphatic heterocycles. The van der Waals surface area contributed by atoms with E-state index in [9.17, 15) is 9.59 Å². The number of benzene rings is 3. The number of amides is 2. The van der Waals surface area contributed by atoms with E-state index in [1.54, 1.807) is 23.1 Å². The zero-order chi connectivity index (χ0) is 21.6. The van der Waals surface area contributed by atoms with E-state index < -0.39 is 0 Å². The zero-order valence-corrected chi connectivity index (χ0v) is 17.4. The fraction of sp³-hybridized carbons (Fsp3) is 0.250. The predicted octanol–water partition coefficient (Wildman–Crippen LogP) is 3.51. The first-order chi connectivity index (χ1) is 15.1. The highest BCUT2D eigenvalue weighted by Crippen LogP contribution is 2.32. The Kier molecular flexibility index (Phi) is 6.33. The van der Waals surface area contributed by atoms with Crippen LogP contribution >= 0.6 is 0 Å². The Bertz CT molecular complexity index is 1100. The van der Waals surface area contributed by atoms with Crippen LogP contribution < -0.4 is 20.1 Å². The number of carbonyl (C=O) groups excluding carboxylic acids is 2. The number of nitrogens with zero attached hydrogens (tertiary/aromatic N) is 1. The lowest BCUT2D eigenvalue weighted by Gasteiger charge is -2.21. The second-order valence-electron chi connectivity index (χ2n) is 7.32. The highest BCUT2D eigenvalue weighted by molar-refractivity contribution is 5.96. The Balaban J connectivity index is 1.31. The number of anilines is 2. The number of fused-ring (bicyclic) bond motifs is 2. The molecular formula is C24H25N3O4. The summed E-state index contributed by atoms with van der Waals surface area (Å²) in [6.07, 6.45) is 0. The van der Waals surface area contributed by atoms with Gasteiger partial charge in [0.1, 0.15) is 13.2 Å². The molecule has 7 nitrogen and oxygen atoms in total. The molecule has 0 aromatic heterocycles. The van der Waals surface area contributed by atoms with Gasteiger partial charge in [0, 0.05) is 17.4 Å². The largest absolute Gasteiger partial charge is 0.486 e. The van der Waals surface area contributed by atoms with Gasteiger partial charge in [0.2, 0.25) is 11.8 Å². The Morgan fingerprint density at radius 3 is 2.13 bits per heavy atom. The first kappa shape index (κ1) is 20.7. The van der Waals surface area contributed by atoms with Crippen molar-refractivity contribution in [3.05, 3.63) is 60.7 Å². The minimum absolute atomic E-state index is 0.107. The molecule has 0 spiro atoms. The van der Waals surface area contributed by atoms with E-state index in [1.807, 2.05) is 49.4 Å². The molecule has 160 valence electrons. The van der Waals surface area contributed by atoms with E-state index in [-0.39, 0.29) is 24.9 Å². The Labute approximate surface area is 180 Å². The van der Waals surface area contributed by atoms with E-state index in [2.05, 4.69) is 10.6 Å². The first-order valence-corrected chi connectivity index (χ1v) is 10.3. The molecule has 0 fully saturated rings. The summed E-state index contributed by atoms with van der Waals surface area (Å²) in [5.74, 6) is 0.928. The number of ether oxygens (including phenoxy) is 2. The fourth-order valence-corrected chi connectivity index (χ4v) is 3.47. The lowest BCUT2D eigenvalue weighted by Crippen LogP contribution is -2.38. The molecule has 0 atom stereocenters. The monoisotopic (exact) mass is 419 g/mol. The topological polar surface area (TPSA) is 79.9 Å². The van der Waals surface area contributed by atoms with Crippen molar-refractivity contribution >= 4 is 34.0 Å². The van der Waals surface area contributed by atoms with Crippen molar-refractivity contribution < 1.29 is 19.1 Å². The standard InChI is InChI=1S/C24H25N3O4/c1-2-27(15-23(28)25-19-8-7-17-5-3-4-6-18(17)13-19)16-24(29)26-20-9-10-21-22(14-20)31-12-11-30-21/h3-10,13-14H,2,11-12,15-16H2,1H3,(H,25,28)(H,26,29). The van der Waals surface area contributed by atoms with Crippen molar-refractivity contribution in [2.75, 3.05) is 43.5 Å². The number of nitrogens with one attached hydrogen (secondary N) is 2. The third kappa shape index (κ3) is 5.32. The second-order valence-corrected chi connectivity index (χ2v) is 7.32. The number of hydrogen-bond donors (Lipinski definition) is 2. The van der Waals surface area contributed by atoms with Crippen molar-refractivity contribution in [2.45, 2.75) is 6.92 Å². The third-order valence-corrected chi connectivity index (χ3v) is 5.04. The summed E-state index contributed by atoms with van der Waals surface area (Å²) in [4.78, 5) is 26.8. The van der Waals surface area contributed by atoms with Gasteiger partial charge in [-0.15, -0.1) is 0 Å². The minimum atomic E-state index is -0.197. The van der Waals surface area contributed by atoms with Crippen molar-refractivity contribution in [2.24, 2.45) is 0 Å². The Morgan fingerprint density at radius 1 is 0.806 bits per heavy atom. The molecular weight excluding hydrogens is 394 g/mol. The molecule has 2 N–H and O–H groups in total. The predicted molar refractivity (Wildman–Crippen MR) is 121 cm³/mol. The van der Waals surface area contributed by atoms with Gasteiger partial charge in [-0.1, -0.05) is 37.3 Å². The summed E-state index contributed by atoms with van der Waals surface area (Å²) >= 11 is 0. The molecule has 1 heterocycles. The van der Waals surface area contributed by atoms with Gasteiger partial charge in [-0.05, 0) is 41.6 Å². The van der Waals surface area contributed by atoms with E-state index in [4.69, 9.17) is 9.47 Å². The van der Waals surface area contributed by atoms with Gasteiger partial charge in [-0.25, -0.2) is 0 Å². The molecule has 0 radical (unpaired) electrons. The van der Waals surface area contributed by atoms with Crippen LogP contribution in [0, 0.1) is 0 Å². The molecule has 4 rings (SSSR count). The van der Waals surface area contributed by atoms with Crippen LogP contribution in [0.5, 0.6) is 11.5 Å². The molecule has 0 unspecified atom stereocenters. The van der Waals surface area contributed by atoms with Crippen LogP contribution in [-0.4, -0.2) is 49.6 Å². The van der Waals surface area contributed by atoms with Crippen LogP contribution in [0.1, 0.15) is 6.92 Å². The van der Waals surface area contributed by atoms with Gasteiger partial charge in [0.25, 0.3) is 0 Å². The van der Waals surface area contributed by atoms with Crippen molar-refractivity contribution in [3.8, 4) is 11.5 Å². The van der Waals surface area contributed by atoms with Crippen molar-refractivity contribution in [1.82, 2.24) is 4.90 Å². The van der Waals surface area contributed by atoms with Crippen LogP contribution in [-0.2, 0) is 9.59 Å². The van der Waals surface area contributed by atoms with Crippen molar-refractivity contribution in [1.29, 1.82) is 0 Å². The van der Waals surface area contributed by atoms with Crippen LogP contribution in [0.25, 0.3) is 10.8 Å². The molecule has 2 amide bonds. The summed E-state index contributed by atoms with van der Waals surface area (Å²) < 4.78 is 11.0. The number of rotatable bonds is 7. The second kappa shape index (κ2) is 9.49. The first-order valence-electron chi connectivity index (χ1n) is 10.3. The SMILES string of the molecule is CCN(CC(=O)Nc1ccc2c(c1)OCCO2)CC(=O)Nc1ccc2ccccc2c1. The van der Waals surface area contributed by atoms with Gasteiger partial charge in [0.15, 0.2) is 11.5 Å². The number of hydrogen-bond acceptors (Lipinski definition) is 5. The zero-order valence-electron chi connectivity index (χ0n) is 17.4. The Hall–Kier alpha value is -3.58. The van der Waals surface area contributed by atoms with Gasteiger partial charge >= 0.3 is 0 Å². The lowest BCUT2D eigenvalue weighted by molar-refractivity contribution is -0.119. The summed E-state index contributed by atoms with van der Waals surface area (Å²) in [7, 11) is 0. The summed E-state index contributed by atoms with van der Waals surface area (Å²) in [6, 6.07) is 19.1. The van der Waals surface area contributed by atoms with Gasteiger partial charge in [-0.3, -0.25) is 14.5 Å². The molecule has 3 aromatic rings.